The number of hydrogen-bond acceptors (Lipinski definition) is 3. The number of nitrogens with zero attached hydrogens (tertiary/aromatic N) is 1. The largest absolute Gasteiger partial charge is 0.416 e. The maximum Gasteiger partial charge on any atom is 0.416 e. The Balaban J connectivity index is 1.55. The van der Waals surface area contributed by atoms with Crippen LogP contribution in [0.1, 0.15) is 27.0 Å². The van der Waals surface area contributed by atoms with Crippen LogP contribution in [0.25, 0.3) is 0 Å². The third-order valence-electron chi connectivity index (χ3n) is 3.96. The summed E-state index contributed by atoms with van der Waals surface area (Å²) in [7, 11) is 0. The van der Waals surface area contributed by atoms with Gasteiger partial charge in [0.1, 0.15) is 0 Å². The summed E-state index contributed by atoms with van der Waals surface area (Å²) in [5.41, 5.74) is 3.29. The Morgan fingerprint density at radius 3 is 2.38 bits per heavy atom. The number of halogens is 3. The van der Waals surface area contributed by atoms with Crippen molar-refractivity contribution < 1.29 is 18.0 Å². The van der Waals surface area contributed by atoms with Crippen molar-refractivity contribution in [3.8, 4) is 0 Å². The average Bonchev–Trinajstić information content (AvgIpc) is 2.73. The molecule has 148 valence electrons. The molecule has 0 heterocycles. The zero-order chi connectivity index (χ0) is 20.7. The molecule has 3 rings (SSSR count). The fraction of sp³-hybridized carbons (Fsp3) is 0.0909. The van der Waals surface area contributed by atoms with Crippen molar-refractivity contribution in [3.05, 3.63) is 101 Å². The Bertz CT molecular complexity index is 987. The maximum absolute atomic E-state index is 12.7. The molecular weight excluding hydrogens is 397 g/mol. The molecule has 0 saturated carbocycles. The number of amides is 1. The van der Waals surface area contributed by atoms with Gasteiger partial charge in [0, 0.05) is 16.2 Å². The number of hydrogen-bond donors (Lipinski definition) is 1. The minimum Gasteiger partial charge on any atom is -0.267 e. The summed E-state index contributed by atoms with van der Waals surface area (Å²) in [6, 6.07) is 21.8. The smallest absolute Gasteiger partial charge is 0.267 e. The van der Waals surface area contributed by atoms with E-state index in [1.807, 2.05) is 42.5 Å². The van der Waals surface area contributed by atoms with E-state index < -0.39 is 17.6 Å². The quantitative estimate of drug-likeness (QED) is 0.316. The summed E-state index contributed by atoms with van der Waals surface area (Å²) < 4.78 is 38.1. The van der Waals surface area contributed by atoms with Gasteiger partial charge >= 0.3 is 6.18 Å². The number of nitrogens with one attached hydrogen (secondary N) is 1. The molecule has 1 N–H and O–H groups in total. The third-order valence-corrected chi connectivity index (χ3v) is 5.04. The van der Waals surface area contributed by atoms with E-state index in [-0.39, 0.29) is 5.56 Å². The van der Waals surface area contributed by atoms with Crippen LogP contribution in [0.15, 0.2) is 88.9 Å². The molecule has 0 fully saturated rings. The molecule has 3 aromatic rings. The zero-order valence-electron chi connectivity index (χ0n) is 15.2. The van der Waals surface area contributed by atoms with Crippen LogP contribution in [0, 0.1) is 0 Å². The highest BCUT2D eigenvalue weighted by Crippen LogP contribution is 2.29. The predicted octanol–water partition coefficient (Wildman–Crippen LogP) is 5.76. The van der Waals surface area contributed by atoms with Crippen LogP contribution in [-0.4, -0.2) is 12.1 Å². The molecule has 1 amide bonds. The lowest BCUT2D eigenvalue weighted by Crippen LogP contribution is -2.17. The first-order valence-electron chi connectivity index (χ1n) is 8.69. The number of alkyl halides is 3. The highest BCUT2D eigenvalue weighted by atomic mass is 32.2. The van der Waals surface area contributed by atoms with Gasteiger partial charge in [-0.3, -0.25) is 4.79 Å². The van der Waals surface area contributed by atoms with E-state index in [1.54, 1.807) is 23.9 Å². The summed E-state index contributed by atoms with van der Waals surface area (Å²) in [5.74, 6) is 0.343. The third kappa shape index (κ3) is 6.22. The molecule has 0 aliphatic carbocycles. The Morgan fingerprint density at radius 2 is 1.69 bits per heavy atom. The van der Waals surface area contributed by atoms with Crippen molar-refractivity contribution in [2.24, 2.45) is 5.10 Å². The number of rotatable bonds is 6. The van der Waals surface area contributed by atoms with Crippen molar-refractivity contribution in [1.82, 2.24) is 5.43 Å². The Labute approximate surface area is 170 Å². The van der Waals surface area contributed by atoms with E-state index in [0.717, 1.165) is 23.4 Å². The van der Waals surface area contributed by atoms with Crippen molar-refractivity contribution in [2.75, 3.05) is 0 Å². The van der Waals surface area contributed by atoms with Crippen molar-refractivity contribution >= 4 is 23.9 Å². The van der Waals surface area contributed by atoms with Crippen LogP contribution < -0.4 is 5.43 Å². The van der Waals surface area contributed by atoms with Gasteiger partial charge in [-0.05, 0) is 47.5 Å². The topological polar surface area (TPSA) is 41.5 Å². The van der Waals surface area contributed by atoms with Gasteiger partial charge in [-0.25, -0.2) is 5.43 Å². The Hall–Kier alpha value is -3.06. The molecule has 0 spiro atoms. The fourth-order valence-corrected chi connectivity index (χ4v) is 3.34. The molecule has 0 radical (unpaired) electrons. The average molecular weight is 414 g/mol. The van der Waals surface area contributed by atoms with Gasteiger partial charge in [0.2, 0.25) is 0 Å². The molecule has 7 heteroatoms. The van der Waals surface area contributed by atoms with Gasteiger partial charge in [0.15, 0.2) is 0 Å². The summed E-state index contributed by atoms with van der Waals surface area (Å²) in [4.78, 5) is 13.3. The first-order valence-corrected chi connectivity index (χ1v) is 9.68. The predicted molar refractivity (Wildman–Crippen MR) is 109 cm³/mol. The first kappa shape index (κ1) is 20.7. The molecule has 0 unspecified atom stereocenters. The van der Waals surface area contributed by atoms with Crippen LogP contribution in [0.2, 0.25) is 0 Å². The normalized spacial score (nSPS) is 11.6. The number of carbonyl (C=O) groups is 1. The molecule has 0 aliphatic rings. The minimum absolute atomic E-state index is 0.244. The fourth-order valence-electron chi connectivity index (χ4n) is 2.46. The van der Waals surface area contributed by atoms with E-state index in [2.05, 4.69) is 10.5 Å². The second-order valence-electron chi connectivity index (χ2n) is 6.12. The van der Waals surface area contributed by atoms with Gasteiger partial charge < -0.3 is 0 Å². The Morgan fingerprint density at radius 1 is 0.966 bits per heavy atom. The van der Waals surface area contributed by atoms with E-state index in [0.29, 0.717) is 5.56 Å². The number of carbonyl (C=O) groups excluding carboxylic acids is 1. The molecular formula is C22H17F3N2OS. The zero-order valence-corrected chi connectivity index (χ0v) is 16.0. The van der Waals surface area contributed by atoms with Crippen LogP contribution in [0.3, 0.4) is 0 Å². The second kappa shape index (κ2) is 9.43. The minimum atomic E-state index is -4.42. The van der Waals surface area contributed by atoms with Crippen LogP contribution in [0.5, 0.6) is 0 Å². The Kier molecular flexibility index (Phi) is 6.72. The molecule has 0 atom stereocenters. The summed E-state index contributed by atoms with van der Waals surface area (Å²) in [6.07, 6.45) is -3.24. The summed E-state index contributed by atoms with van der Waals surface area (Å²) in [5, 5.41) is 3.74. The van der Waals surface area contributed by atoms with Gasteiger partial charge in [-0.1, -0.05) is 42.5 Å². The number of hydrazone groups is 1. The van der Waals surface area contributed by atoms with Crippen molar-refractivity contribution in [2.45, 2.75) is 16.8 Å². The summed E-state index contributed by atoms with van der Waals surface area (Å²) in [6.45, 7) is 0. The molecule has 3 aromatic carbocycles. The molecule has 0 saturated heterocycles. The number of benzene rings is 3. The van der Waals surface area contributed by atoms with Crippen molar-refractivity contribution in [1.29, 1.82) is 0 Å². The van der Waals surface area contributed by atoms with Gasteiger partial charge in [-0.15, -0.1) is 11.8 Å². The lowest BCUT2D eigenvalue weighted by Gasteiger charge is -2.06. The van der Waals surface area contributed by atoms with E-state index in [4.69, 9.17) is 0 Å². The van der Waals surface area contributed by atoms with Gasteiger partial charge in [0.05, 0.1) is 11.8 Å². The van der Waals surface area contributed by atoms with E-state index >= 15 is 0 Å². The highest BCUT2D eigenvalue weighted by molar-refractivity contribution is 7.98. The molecule has 3 nitrogen and oxygen atoms in total. The van der Waals surface area contributed by atoms with Crippen molar-refractivity contribution in [3.63, 3.8) is 0 Å². The molecule has 29 heavy (non-hydrogen) atoms. The van der Waals surface area contributed by atoms with E-state index in [9.17, 15) is 18.0 Å². The van der Waals surface area contributed by atoms with Crippen LogP contribution in [0.4, 0.5) is 13.2 Å². The van der Waals surface area contributed by atoms with Gasteiger partial charge in [0.25, 0.3) is 5.91 Å². The second-order valence-corrected chi connectivity index (χ2v) is 7.17. The SMILES string of the molecule is O=C(N/N=C\c1cccc(C(F)(F)F)c1)c1ccc(CSc2ccccc2)cc1. The molecule has 0 bridgehead atoms. The molecule has 0 aromatic heterocycles. The first-order chi connectivity index (χ1) is 13.9. The van der Waals surface area contributed by atoms with Crippen LogP contribution in [-0.2, 0) is 11.9 Å². The lowest BCUT2D eigenvalue weighted by atomic mass is 10.1. The lowest BCUT2D eigenvalue weighted by molar-refractivity contribution is -0.137. The van der Waals surface area contributed by atoms with E-state index in [1.165, 1.54) is 23.2 Å². The van der Waals surface area contributed by atoms with Gasteiger partial charge in [-0.2, -0.15) is 18.3 Å². The number of thioether (sulfide) groups is 1. The summed E-state index contributed by atoms with van der Waals surface area (Å²) >= 11 is 1.70. The monoisotopic (exact) mass is 414 g/mol. The van der Waals surface area contributed by atoms with Crippen LogP contribution >= 0.6 is 11.8 Å². The maximum atomic E-state index is 12.7. The highest BCUT2D eigenvalue weighted by Gasteiger charge is 2.30. The molecule has 0 aliphatic heterocycles. The standard InChI is InChI=1S/C22H17F3N2OS/c23-22(24,25)19-6-4-5-17(13-19)14-26-27-21(28)18-11-9-16(10-12-18)15-29-20-7-2-1-3-8-20/h1-14H,15H2,(H,27,28)/b26-14-.